The van der Waals surface area contributed by atoms with Crippen LogP contribution in [0.2, 0.25) is 5.15 Å². The van der Waals surface area contributed by atoms with Crippen LogP contribution in [0, 0.1) is 6.92 Å². The molecule has 1 aliphatic rings. The predicted molar refractivity (Wildman–Crippen MR) is 126 cm³/mol. The fourth-order valence-electron chi connectivity index (χ4n) is 4.11. The number of fused-ring (bicyclic) bond motifs is 1. The molecule has 0 bridgehead atoms. The number of rotatable bonds is 7. The van der Waals surface area contributed by atoms with Gasteiger partial charge in [-0.1, -0.05) is 29.3 Å². The van der Waals surface area contributed by atoms with E-state index < -0.39 is 52.7 Å². The Bertz CT molecular complexity index is 1410. The third-order valence-corrected chi connectivity index (χ3v) is 7.44. The van der Waals surface area contributed by atoms with Gasteiger partial charge in [-0.05, 0) is 32.0 Å². The van der Waals surface area contributed by atoms with Crippen LogP contribution in [0.1, 0.15) is 32.6 Å². The van der Waals surface area contributed by atoms with Crippen LogP contribution in [-0.2, 0) is 38.1 Å². The summed E-state index contributed by atoms with van der Waals surface area (Å²) in [6.07, 6.45) is -0.522. The number of aryl methyl sites for hydroxylation is 1. The number of hydrogen-bond acceptors (Lipinski definition) is 10. The van der Waals surface area contributed by atoms with Crippen LogP contribution in [0.4, 0.5) is 0 Å². The van der Waals surface area contributed by atoms with Crippen molar-refractivity contribution in [2.75, 3.05) is 6.61 Å². The molecule has 3 aromatic rings. The molecular formula is C23H24ClN3O8S. The van der Waals surface area contributed by atoms with Gasteiger partial charge >= 0.3 is 11.9 Å². The van der Waals surface area contributed by atoms with Gasteiger partial charge in [-0.2, -0.15) is 8.42 Å². The van der Waals surface area contributed by atoms with Crippen LogP contribution < -0.4 is 0 Å². The second-order valence-corrected chi connectivity index (χ2v) is 10.5. The van der Waals surface area contributed by atoms with Gasteiger partial charge in [0.05, 0.1) is 16.9 Å². The first-order valence-corrected chi connectivity index (χ1v) is 12.7. The Kier molecular flexibility index (Phi) is 7.06. The summed E-state index contributed by atoms with van der Waals surface area (Å²) >= 11 is 6.17. The maximum atomic E-state index is 12.8. The van der Waals surface area contributed by atoms with Gasteiger partial charge in [0, 0.05) is 20.0 Å². The zero-order chi connectivity index (χ0) is 26.3. The molecule has 0 N–H and O–H groups in total. The highest BCUT2D eigenvalue weighted by Crippen LogP contribution is 2.43. The van der Waals surface area contributed by atoms with Crippen molar-refractivity contribution in [1.82, 2.24) is 14.5 Å². The van der Waals surface area contributed by atoms with Crippen LogP contribution in [0.15, 0.2) is 47.8 Å². The number of benzene rings is 1. The molecule has 192 valence electrons. The highest BCUT2D eigenvalue weighted by Gasteiger charge is 2.60. The van der Waals surface area contributed by atoms with Gasteiger partial charge in [-0.25, -0.2) is 9.97 Å². The second kappa shape index (κ2) is 9.77. The van der Waals surface area contributed by atoms with E-state index in [0.717, 1.165) is 5.56 Å². The van der Waals surface area contributed by atoms with E-state index in [0.29, 0.717) is 11.0 Å². The average Bonchev–Trinajstić information content (AvgIpc) is 3.32. The monoisotopic (exact) mass is 537 g/mol. The standard InChI is InChI=1S/C23H24ClN3O8S/c1-13-5-7-16(8-6-13)36(30,31)32-11-18-23(4,35-15(3)29)19(33-14(2)28)22(34-18)27-10-9-17-20(24)25-12-26-21(17)27/h5-10,12,18-19,22H,11H2,1-4H3/t18-,19+,22-,23-/m1/s1. The Labute approximate surface area is 212 Å². The fraction of sp³-hybridized carbons (Fsp3) is 0.391. The number of halogens is 1. The maximum absolute atomic E-state index is 12.8. The lowest BCUT2D eigenvalue weighted by Gasteiger charge is -2.33. The first-order valence-electron chi connectivity index (χ1n) is 10.9. The highest BCUT2D eigenvalue weighted by molar-refractivity contribution is 7.86. The Hall–Kier alpha value is -3.06. The Morgan fingerprint density at radius 2 is 1.83 bits per heavy atom. The molecule has 3 heterocycles. The molecule has 0 spiro atoms. The number of ether oxygens (including phenoxy) is 3. The summed E-state index contributed by atoms with van der Waals surface area (Å²) in [5.74, 6) is -1.35. The quantitative estimate of drug-likeness (QED) is 0.251. The normalized spacial score (nSPS) is 24.1. The van der Waals surface area contributed by atoms with E-state index in [9.17, 15) is 18.0 Å². The summed E-state index contributed by atoms with van der Waals surface area (Å²) < 4.78 is 49.8. The summed E-state index contributed by atoms with van der Waals surface area (Å²) in [6.45, 7) is 5.17. The van der Waals surface area contributed by atoms with Gasteiger partial charge in [0.1, 0.15) is 23.2 Å². The second-order valence-electron chi connectivity index (χ2n) is 8.50. The molecule has 4 rings (SSSR count). The minimum absolute atomic E-state index is 0.0453. The molecule has 0 amide bonds. The van der Waals surface area contributed by atoms with Crippen molar-refractivity contribution in [3.8, 4) is 0 Å². The molecule has 1 aliphatic heterocycles. The highest BCUT2D eigenvalue weighted by atomic mass is 35.5. The van der Waals surface area contributed by atoms with Crippen LogP contribution in [0.3, 0.4) is 0 Å². The molecule has 0 aliphatic carbocycles. The van der Waals surface area contributed by atoms with Crippen molar-refractivity contribution in [2.24, 2.45) is 0 Å². The molecule has 2 aromatic heterocycles. The lowest BCUT2D eigenvalue weighted by atomic mass is 9.94. The van der Waals surface area contributed by atoms with Crippen molar-refractivity contribution < 1.29 is 36.4 Å². The first kappa shape index (κ1) is 26.0. The van der Waals surface area contributed by atoms with Crippen molar-refractivity contribution in [2.45, 2.75) is 56.6 Å². The molecule has 0 radical (unpaired) electrons. The van der Waals surface area contributed by atoms with Crippen molar-refractivity contribution >= 4 is 44.7 Å². The van der Waals surface area contributed by atoms with E-state index >= 15 is 0 Å². The number of nitrogens with zero attached hydrogens (tertiary/aromatic N) is 3. The molecule has 13 heteroatoms. The number of carbonyl (C=O) groups excluding carboxylic acids is 2. The first-order chi connectivity index (χ1) is 16.9. The van der Waals surface area contributed by atoms with Gasteiger partial charge in [0.25, 0.3) is 10.1 Å². The van der Waals surface area contributed by atoms with Gasteiger partial charge in [0.2, 0.25) is 0 Å². The number of esters is 2. The maximum Gasteiger partial charge on any atom is 0.303 e. The zero-order valence-electron chi connectivity index (χ0n) is 19.9. The van der Waals surface area contributed by atoms with Gasteiger partial charge in [-0.3, -0.25) is 13.8 Å². The smallest absolute Gasteiger partial charge is 0.303 e. The van der Waals surface area contributed by atoms with Crippen LogP contribution in [0.5, 0.6) is 0 Å². The summed E-state index contributed by atoms with van der Waals surface area (Å²) in [4.78, 5) is 32.2. The topological polar surface area (TPSA) is 136 Å². The molecule has 1 saturated heterocycles. The zero-order valence-corrected chi connectivity index (χ0v) is 21.4. The largest absolute Gasteiger partial charge is 0.453 e. The molecule has 1 aromatic carbocycles. The minimum Gasteiger partial charge on any atom is -0.453 e. The molecule has 36 heavy (non-hydrogen) atoms. The molecule has 0 saturated carbocycles. The molecule has 11 nitrogen and oxygen atoms in total. The number of carbonyl (C=O) groups is 2. The van der Waals surface area contributed by atoms with E-state index in [-0.39, 0.29) is 10.0 Å². The third-order valence-electron chi connectivity index (χ3n) is 5.84. The summed E-state index contributed by atoms with van der Waals surface area (Å²) in [5.41, 5.74) is -0.361. The summed E-state index contributed by atoms with van der Waals surface area (Å²) in [5, 5.41) is 0.716. The van der Waals surface area contributed by atoms with Crippen molar-refractivity contribution in [1.29, 1.82) is 0 Å². The van der Waals surface area contributed by atoms with E-state index in [1.807, 2.05) is 6.92 Å². The van der Waals surface area contributed by atoms with Gasteiger partial charge in [0.15, 0.2) is 17.9 Å². The minimum atomic E-state index is -4.17. The Morgan fingerprint density at radius 1 is 1.14 bits per heavy atom. The molecular weight excluding hydrogens is 514 g/mol. The SMILES string of the molecule is CC(=O)O[C@H]1[C@H](n2ccc3c(Cl)ncnc32)O[C@H](COS(=O)(=O)c2ccc(C)cc2)[C@@]1(C)OC(C)=O. The number of aromatic nitrogens is 3. The van der Waals surface area contributed by atoms with Crippen LogP contribution >= 0.6 is 11.6 Å². The van der Waals surface area contributed by atoms with Crippen molar-refractivity contribution in [3.63, 3.8) is 0 Å². The summed E-state index contributed by atoms with van der Waals surface area (Å²) in [7, 11) is -4.17. The van der Waals surface area contributed by atoms with Crippen LogP contribution in [-0.4, -0.2) is 59.3 Å². The lowest BCUT2D eigenvalue weighted by molar-refractivity contribution is -0.181. The molecule has 0 unspecified atom stereocenters. The van der Waals surface area contributed by atoms with Gasteiger partial charge < -0.3 is 18.8 Å². The molecule has 1 fully saturated rings. The Balaban J connectivity index is 1.72. The Morgan fingerprint density at radius 3 is 2.47 bits per heavy atom. The summed E-state index contributed by atoms with van der Waals surface area (Å²) in [6, 6.07) is 7.78. The third kappa shape index (κ3) is 4.94. The molecule has 4 atom stereocenters. The lowest BCUT2D eigenvalue weighted by Crippen LogP contribution is -2.51. The van der Waals surface area contributed by atoms with Crippen molar-refractivity contribution in [3.05, 3.63) is 53.6 Å². The predicted octanol–water partition coefficient (Wildman–Crippen LogP) is 2.95. The average molecular weight is 538 g/mol. The van der Waals surface area contributed by atoms with E-state index in [2.05, 4.69) is 9.97 Å². The van der Waals surface area contributed by atoms with Crippen LogP contribution in [0.25, 0.3) is 11.0 Å². The van der Waals surface area contributed by atoms with E-state index in [1.165, 1.54) is 39.2 Å². The number of hydrogen-bond donors (Lipinski definition) is 0. The van der Waals surface area contributed by atoms with Gasteiger partial charge in [-0.15, -0.1) is 0 Å². The van der Waals surface area contributed by atoms with E-state index in [1.54, 1.807) is 29.0 Å². The fourth-order valence-corrected chi connectivity index (χ4v) is 5.21. The van der Waals surface area contributed by atoms with E-state index in [4.69, 9.17) is 30.0 Å².